The standard InChI is InChI=1S/C19H15NO2S/c1-14-8-2-7-13-19(14)23(21,22)20-17-11-5-3-9-15(17)16-10-4-6-12-18(16)20/h2-13H,1H3. The molecule has 4 aromatic rings. The summed E-state index contributed by atoms with van der Waals surface area (Å²) < 4.78 is 28.1. The van der Waals surface area contributed by atoms with Gasteiger partial charge in [-0.25, -0.2) is 12.4 Å². The van der Waals surface area contributed by atoms with E-state index in [0.717, 1.165) is 16.3 Å². The summed E-state index contributed by atoms with van der Waals surface area (Å²) in [6.45, 7) is 1.82. The molecule has 4 heteroatoms. The predicted molar refractivity (Wildman–Crippen MR) is 93.2 cm³/mol. The summed E-state index contributed by atoms with van der Waals surface area (Å²) in [5.41, 5.74) is 2.16. The highest BCUT2D eigenvalue weighted by Gasteiger charge is 2.23. The van der Waals surface area contributed by atoms with Crippen LogP contribution in [0.1, 0.15) is 5.56 Å². The first-order chi connectivity index (χ1) is 11.1. The summed E-state index contributed by atoms with van der Waals surface area (Å²) >= 11 is 0. The van der Waals surface area contributed by atoms with Gasteiger partial charge in [0.1, 0.15) is 0 Å². The molecule has 0 radical (unpaired) electrons. The maximum absolute atomic E-state index is 13.3. The Hall–Kier alpha value is -2.59. The molecule has 114 valence electrons. The van der Waals surface area contributed by atoms with Crippen LogP contribution < -0.4 is 0 Å². The molecular weight excluding hydrogens is 306 g/mol. The van der Waals surface area contributed by atoms with Gasteiger partial charge in [-0.05, 0) is 30.7 Å². The molecule has 0 unspecified atom stereocenters. The monoisotopic (exact) mass is 321 g/mol. The molecule has 3 aromatic carbocycles. The van der Waals surface area contributed by atoms with E-state index >= 15 is 0 Å². The second-order valence-corrected chi connectivity index (χ2v) is 7.32. The second kappa shape index (κ2) is 4.96. The molecule has 4 rings (SSSR count). The van der Waals surface area contributed by atoms with Crippen molar-refractivity contribution in [2.24, 2.45) is 0 Å². The number of fused-ring (bicyclic) bond motifs is 3. The van der Waals surface area contributed by atoms with Gasteiger partial charge in [0, 0.05) is 10.8 Å². The van der Waals surface area contributed by atoms with Crippen LogP contribution in [0.15, 0.2) is 77.7 Å². The zero-order valence-electron chi connectivity index (χ0n) is 12.6. The van der Waals surface area contributed by atoms with E-state index in [4.69, 9.17) is 0 Å². The SMILES string of the molecule is Cc1ccccc1S(=O)(=O)n1c2ccccc2c2ccccc21. The fourth-order valence-electron chi connectivity index (χ4n) is 3.09. The summed E-state index contributed by atoms with van der Waals surface area (Å²) in [6, 6.07) is 22.3. The molecule has 0 saturated heterocycles. The summed E-state index contributed by atoms with van der Waals surface area (Å²) in [6.07, 6.45) is 0. The molecule has 1 heterocycles. The van der Waals surface area contributed by atoms with Crippen LogP contribution in [-0.2, 0) is 10.0 Å². The maximum Gasteiger partial charge on any atom is 0.268 e. The van der Waals surface area contributed by atoms with Crippen molar-refractivity contribution in [3.63, 3.8) is 0 Å². The van der Waals surface area contributed by atoms with Crippen molar-refractivity contribution in [1.82, 2.24) is 3.97 Å². The fraction of sp³-hybridized carbons (Fsp3) is 0.0526. The third kappa shape index (κ3) is 1.99. The lowest BCUT2D eigenvalue weighted by Crippen LogP contribution is -2.13. The summed E-state index contributed by atoms with van der Waals surface area (Å²) in [7, 11) is -3.66. The van der Waals surface area contributed by atoms with Crippen molar-refractivity contribution >= 4 is 31.8 Å². The van der Waals surface area contributed by atoms with Crippen LogP contribution >= 0.6 is 0 Å². The highest BCUT2D eigenvalue weighted by molar-refractivity contribution is 7.90. The van der Waals surface area contributed by atoms with Gasteiger partial charge in [-0.15, -0.1) is 0 Å². The summed E-state index contributed by atoms with van der Waals surface area (Å²) in [5.74, 6) is 0. The van der Waals surface area contributed by atoms with E-state index in [0.29, 0.717) is 15.9 Å². The third-order valence-electron chi connectivity index (χ3n) is 4.15. The quantitative estimate of drug-likeness (QED) is 0.551. The Morgan fingerprint density at radius 1 is 0.696 bits per heavy atom. The van der Waals surface area contributed by atoms with E-state index in [1.807, 2.05) is 67.6 Å². The maximum atomic E-state index is 13.3. The zero-order valence-corrected chi connectivity index (χ0v) is 13.4. The highest BCUT2D eigenvalue weighted by atomic mass is 32.2. The Balaban J connectivity index is 2.19. The number of rotatable bonds is 2. The Bertz CT molecular complexity index is 1090. The number of para-hydroxylation sites is 2. The number of nitrogens with zero attached hydrogens (tertiary/aromatic N) is 1. The number of benzene rings is 3. The van der Waals surface area contributed by atoms with Crippen LogP contribution in [0, 0.1) is 6.92 Å². The first-order valence-corrected chi connectivity index (χ1v) is 8.84. The summed E-state index contributed by atoms with van der Waals surface area (Å²) in [4.78, 5) is 0.339. The minimum Gasteiger partial charge on any atom is -0.233 e. The van der Waals surface area contributed by atoms with Crippen LogP contribution in [-0.4, -0.2) is 12.4 Å². The number of hydrogen-bond donors (Lipinski definition) is 0. The molecule has 23 heavy (non-hydrogen) atoms. The molecule has 0 fully saturated rings. The molecule has 0 aliphatic rings. The van der Waals surface area contributed by atoms with Gasteiger partial charge in [0.25, 0.3) is 10.0 Å². The molecule has 0 saturated carbocycles. The van der Waals surface area contributed by atoms with Crippen LogP contribution in [0.3, 0.4) is 0 Å². The van der Waals surface area contributed by atoms with Crippen molar-refractivity contribution in [3.8, 4) is 0 Å². The molecule has 0 aliphatic carbocycles. The molecule has 1 aromatic heterocycles. The fourth-order valence-corrected chi connectivity index (χ4v) is 4.85. The van der Waals surface area contributed by atoms with Gasteiger partial charge in [0.15, 0.2) is 0 Å². The molecule has 0 N–H and O–H groups in total. The Morgan fingerprint density at radius 3 is 1.74 bits per heavy atom. The van der Waals surface area contributed by atoms with Gasteiger partial charge in [-0.2, -0.15) is 0 Å². The van der Waals surface area contributed by atoms with Crippen molar-refractivity contribution in [3.05, 3.63) is 78.4 Å². The Labute approximate surface area is 134 Å². The number of aryl methyl sites for hydroxylation is 1. The van der Waals surface area contributed by atoms with Gasteiger partial charge in [0.2, 0.25) is 0 Å². The average Bonchev–Trinajstić information content (AvgIpc) is 2.90. The Kier molecular flexibility index (Phi) is 3.03. The van der Waals surface area contributed by atoms with E-state index in [-0.39, 0.29) is 0 Å². The minimum absolute atomic E-state index is 0.339. The number of hydrogen-bond acceptors (Lipinski definition) is 2. The minimum atomic E-state index is -3.66. The lowest BCUT2D eigenvalue weighted by Gasteiger charge is -2.11. The molecule has 0 atom stereocenters. The lowest BCUT2D eigenvalue weighted by molar-refractivity contribution is 0.590. The van der Waals surface area contributed by atoms with Crippen molar-refractivity contribution in [2.45, 2.75) is 11.8 Å². The van der Waals surface area contributed by atoms with Crippen molar-refractivity contribution in [2.75, 3.05) is 0 Å². The average molecular weight is 321 g/mol. The Morgan fingerprint density at radius 2 is 1.17 bits per heavy atom. The van der Waals surface area contributed by atoms with E-state index in [1.165, 1.54) is 3.97 Å². The summed E-state index contributed by atoms with van der Waals surface area (Å²) in [5, 5.41) is 1.89. The van der Waals surface area contributed by atoms with E-state index in [2.05, 4.69) is 0 Å². The second-order valence-electron chi connectivity index (χ2n) is 5.57. The predicted octanol–water partition coefficient (Wildman–Crippen LogP) is 4.34. The van der Waals surface area contributed by atoms with Gasteiger partial charge < -0.3 is 0 Å². The number of aromatic nitrogens is 1. The first kappa shape index (κ1) is 14.0. The van der Waals surface area contributed by atoms with E-state index < -0.39 is 10.0 Å². The van der Waals surface area contributed by atoms with Crippen LogP contribution in [0.2, 0.25) is 0 Å². The molecule has 3 nitrogen and oxygen atoms in total. The van der Waals surface area contributed by atoms with Gasteiger partial charge in [-0.1, -0.05) is 54.6 Å². The van der Waals surface area contributed by atoms with Crippen LogP contribution in [0.5, 0.6) is 0 Å². The van der Waals surface area contributed by atoms with Crippen molar-refractivity contribution < 1.29 is 8.42 Å². The van der Waals surface area contributed by atoms with Crippen LogP contribution in [0.4, 0.5) is 0 Å². The van der Waals surface area contributed by atoms with Gasteiger partial charge in [0.05, 0.1) is 15.9 Å². The molecule has 0 bridgehead atoms. The highest BCUT2D eigenvalue weighted by Crippen LogP contribution is 2.32. The van der Waals surface area contributed by atoms with Gasteiger partial charge >= 0.3 is 0 Å². The molecule has 0 amide bonds. The van der Waals surface area contributed by atoms with E-state index in [1.54, 1.807) is 12.1 Å². The molecule has 0 spiro atoms. The zero-order chi connectivity index (χ0) is 16.0. The largest absolute Gasteiger partial charge is 0.268 e. The normalized spacial score (nSPS) is 12.0. The van der Waals surface area contributed by atoms with E-state index in [9.17, 15) is 8.42 Å². The topological polar surface area (TPSA) is 39.1 Å². The van der Waals surface area contributed by atoms with Crippen LogP contribution in [0.25, 0.3) is 21.8 Å². The smallest absolute Gasteiger partial charge is 0.233 e. The molecular formula is C19H15NO2S. The molecule has 0 aliphatic heterocycles. The van der Waals surface area contributed by atoms with Crippen molar-refractivity contribution in [1.29, 1.82) is 0 Å². The first-order valence-electron chi connectivity index (χ1n) is 7.40. The van der Waals surface area contributed by atoms with Gasteiger partial charge in [-0.3, -0.25) is 0 Å². The lowest BCUT2D eigenvalue weighted by atomic mass is 10.2. The third-order valence-corrected chi connectivity index (χ3v) is 6.04.